The van der Waals surface area contributed by atoms with E-state index < -0.39 is 10.8 Å². The average Bonchev–Trinajstić information content (AvgIpc) is 3.28. The summed E-state index contributed by atoms with van der Waals surface area (Å²) in [6, 6.07) is 11.4. The Kier molecular flexibility index (Phi) is 5.10. The van der Waals surface area contributed by atoms with Crippen molar-refractivity contribution in [1.82, 2.24) is 9.55 Å². The maximum Gasteiger partial charge on any atom is 0.271 e. The second-order valence-electron chi connectivity index (χ2n) is 5.50. The number of anilines is 1. The summed E-state index contributed by atoms with van der Waals surface area (Å²) in [4.78, 5) is 27.0. The molecular weight excluding hydrogens is 366 g/mol. The molecule has 3 aromatic rings. The number of hydrogen-bond donors (Lipinski definition) is 1. The zero-order valence-corrected chi connectivity index (χ0v) is 14.9. The van der Waals surface area contributed by atoms with E-state index in [0.29, 0.717) is 16.5 Å². The number of carbonyl (C=O) groups excluding carboxylic acids is 1. The van der Waals surface area contributed by atoms with Crippen molar-refractivity contribution in [1.29, 1.82) is 5.26 Å². The molecule has 8 nitrogen and oxygen atoms in total. The van der Waals surface area contributed by atoms with E-state index in [1.807, 2.05) is 6.07 Å². The van der Waals surface area contributed by atoms with Gasteiger partial charge in [-0.1, -0.05) is 6.07 Å². The van der Waals surface area contributed by atoms with Crippen molar-refractivity contribution in [2.24, 2.45) is 0 Å². The lowest BCUT2D eigenvalue weighted by Gasteiger charge is -2.07. The molecule has 2 aromatic heterocycles. The minimum Gasteiger partial charge on any atom is -0.317 e. The summed E-state index contributed by atoms with van der Waals surface area (Å²) in [6.07, 6.45) is 3.12. The lowest BCUT2D eigenvalue weighted by Crippen LogP contribution is -2.13. The van der Waals surface area contributed by atoms with Gasteiger partial charge in [0.25, 0.3) is 11.6 Å². The van der Waals surface area contributed by atoms with Crippen LogP contribution in [0.2, 0.25) is 0 Å². The van der Waals surface area contributed by atoms with E-state index >= 15 is 0 Å². The molecule has 0 aliphatic rings. The Balaban J connectivity index is 1.91. The molecule has 1 amide bonds. The highest BCUT2D eigenvalue weighted by atomic mass is 32.1. The highest BCUT2D eigenvalue weighted by Gasteiger charge is 2.14. The van der Waals surface area contributed by atoms with Crippen molar-refractivity contribution >= 4 is 34.1 Å². The Morgan fingerprint density at radius 1 is 1.41 bits per heavy atom. The lowest BCUT2D eigenvalue weighted by molar-refractivity contribution is -0.384. The van der Waals surface area contributed by atoms with Gasteiger partial charge in [0.05, 0.1) is 16.3 Å². The molecule has 0 saturated heterocycles. The van der Waals surface area contributed by atoms with Gasteiger partial charge in [0.2, 0.25) is 0 Å². The van der Waals surface area contributed by atoms with Crippen LogP contribution in [-0.2, 0) is 4.79 Å². The fourth-order valence-corrected chi connectivity index (χ4v) is 3.06. The molecule has 9 heteroatoms. The van der Waals surface area contributed by atoms with E-state index in [0.717, 1.165) is 5.69 Å². The summed E-state index contributed by atoms with van der Waals surface area (Å²) >= 11 is 1.27. The number of nitriles is 1. The third kappa shape index (κ3) is 4.08. The van der Waals surface area contributed by atoms with Gasteiger partial charge < -0.3 is 4.57 Å². The SMILES string of the molecule is Cc1csc(NC(=O)/C(C#N)=C\c2cccn2-c2cccc([N+](=O)[O-])c2)n1. The molecule has 3 rings (SSSR count). The van der Waals surface area contributed by atoms with Crippen LogP contribution in [0.25, 0.3) is 11.8 Å². The normalized spacial score (nSPS) is 11.0. The molecule has 1 aromatic carbocycles. The number of benzene rings is 1. The van der Waals surface area contributed by atoms with Crippen LogP contribution in [0.15, 0.2) is 53.5 Å². The van der Waals surface area contributed by atoms with Crippen LogP contribution in [0.1, 0.15) is 11.4 Å². The van der Waals surface area contributed by atoms with Crippen LogP contribution in [0.3, 0.4) is 0 Å². The zero-order chi connectivity index (χ0) is 19.4. The Morgan fingerprint density at radius 3 is 2.89 bits per heavy atom. The smallest absolute Gasteiger partial charge is 0.271 e. The first-order valence-corrected chi connectivity index (χ1v) is 8.63. The Hall–Kier alpha value is -3.77. The molecule has 0 aliphatic carbocycles. The van der Waals surface area contributed by atoms with Crippen LogP contribution in [0.5, 0.6) is 0 Å². The molecule has 134 valence electrons. The van der Waals surface area contributed by atoms with Crippen molar-refractivity contribution in [3.8, 4) is 11.8 Å². The van der Waals surface area contributed by atoms with E-state index in [9.17, 15) is 20.2 Å². The Morgan fingerprint density at radius 2 is 2.22 bits per heavy atom. The molecule has 0 unspecified atom stereocenters. The lowest BCUT2D eigenvalue weighted by atomic mass is 10.2. The van der Waals surface area contributed by atoms with Gasteiger partial charge in [-0.3, -0.25) is 20.2 Å². The van der Waals surface area contributed by atoms with Gasteiger partial charge in [0.15, 0.2) is 5.13 Å². The molecular formula is C18H13N5O3S. The fourth-order valence-electron chi connectivity index (χ4n) is 2.38. The van der Waals surface area contributed by atoms with E-state index in [4.69, 9.17) is 0 Å². The number of aromatic nitrogens is 2. The number of nitrogens with zero attached hydrogens (tertiary/aromatic N) is 4. The summed E-state index contributed by atoms with van der Waals surface area (Å²) in [5.41, 5.74) is 1.71. The van der Waals surface area contributed by atoms with Gasteiger partial charge in [-0.15, -0.1) is 11.3 Å². The van der Waals surface area contributed by atoms with Gasteiger partial charge >= 0.3 is 0 Å². The van der Waals surface area contributed by atoms with E-state index in [2.05, 4.69) is 10.3 Å². The fraction of sp³-hybridized carbons (Fsp3) is 0.0556. The molecule has 0 saturated carbocycles. The summed E-state index contributed by atoms with van der Waals surface area (Å²) < 4.78 is 1.66. The quantitative estimate of drug-likeness (QED) is 0.314. The predicted molar refractivity (Wildman–Crippen MR) is 101 cm³/mol. The number of nitrogens with one attached hydrogen (secondary N) is 1. The van der Waals surface area contributed by atoms with Gasteiger partial charge in [0, 0.05) is 29.4 Å². The molecule has 27 heavy (non-hydrogen) atoms. The molecule has 1 N–H and O–H groups in total. The monoisotopic (exact) mass is 379 g/mol. The first kappa shape index (κ1) is 18.0. The van der Waals surface area contributed by atoms with Crippen molar-refractivity contribution in [3.63, 3.8) is 0 Å². The number of hydrogen-bond acceptors (Lipinski definition) is 6. The molecule has 0 aliphatic heterocycles. The van der Waals surface area contributed by atoms with E-state index in [1.54, 1.807) is 47.3 Å². The minimum absolute atomic E-state index is 0.0477. The van der Waals surface area contributed by atoms with Crippen LogP contribution in [0, 0.1) is 28.4 Å². The largest absolute Gasteiger partial charge is 0.317 e. The van der Waals surface area contributed by atoms with Crippen LogP contribution < -0.4 is 5.32 Å². The molecule has 0 spiro atoms. The molecule has 0 fully saturated rings. The zero-order valence-electron chi connectivity index (χ0n) is 14.1. The van der Waals surface area contributed by atoms with E-state index in [-0.39, 0.29) is 11.3 Å². The van der Waals surface area contributed by atoms with Crippen LogP contribution in [0.4, 0.5) is 10.8 Å². The number of aryl methyl sites for hydroxylation is 1. The minimum atomic E-state index is -0.571. The maximum atomic E-state index is 12.3. The average molecular weight is 379 g/mol. The van der Waals surface area contributed by atoms with E-state index in [1.165, 1.54) is 29.5 Å². The van der Waals surface area contributed by atoms with Gasteiger partial charge in [-0.05, 0) is 31.2 Å². The summed E-state index contributed by atoms with van der Waals surface area (Å²) in [5, 5.41) is 25.1. The highest BCUT2D eigenvalue weighted by molar-refractivity contribution is 7.13. The van der Waals surface area contributed by atoms with Crippen LogP contribution >= 0.6 is 11.3 Å². The van der Waals surface area contributed by atoms with Gasteiger partial charge in [0.1, 0.15) is 11.6 Å². The number of nitro groups is 1. The number of rotatable bonds is 5. The molecule has 0 radical (unpaired) electrons. The summed E-state index contributed by atoms with van der Waals surface area (Å²) in [6.45, 7) is 1.80. The van der Waals surface area contributed by atoms with Crippen molar-refractivity contribution in [3.05, 3.63) is 75.1 Å². The number of non-ortho nitro benzene ring substituents is 1. The molecule has 2 heterocycles. The maximum absolute atomic E-state index is 12.3. The van der Waals surface area contributed by atoms with Crippen molar-refractivity contribution in [2.45, 2.75) is 6.92 Å². The number of nitro benzene ring substituents is 1. The first-order chi connectivity index (χ1) is 13.0. The number of amides is 1. The second-order valence-corrected chi connectivity index (χ2v) is 6.36. The van der Waals surface area contributed by atoms with Crippen molar-refractivity contribution in [2.75, 3.05) is 5.32 Å². The molecule has 0 bridgehead atoms. The number of carbonyl (C=O) groups is 1. The first-order valence-electron chi connectivity index (χ1n) is 7.75. The summed E-state index contributed by atoms with van der Waals surface area (Å²) in [7, 11) is 0. The Bertz CT molecular complexity index is 1090. The third-order valence-electron chi connectivity index (χ3n) is 3.60. The van der Waals surface area contributed by atoms with Crippen LogP contribution in [-0.4, -0.2) is 20.4 Å². The number of thiazole rings is 1. The van der Waals surface area contributed by atoms with Crippen molar-refractivity contribution < 1.29 is 9.72 Å². The third-order valence-corrected chi connectivity index (χ3v) is 4.47. The second kappa shape index (κ2) is 7.63. The van der Waals surface area contributed by atoms with Gasteiger partial charge in [-0.2, -0.15) is 5.26 Å². The summed E-state index contributed by atoms with van der Waals surface area (Å²) in [5.74, 6) is -0.571. The predicted octanol–water partition coefficient (Wildman–Crippen LogP) is 3.70. The topological polar surface area (TPSA) is 114 Å². The Labute approximate surface area is 158 Å². The molecule has 0 atom stereocenters. The van der Waals surface area contributed by atoms with Gasteiger partial charge in [-0.25, -0.2) is 4.98 Å². The standard InChI is InChI=1S/C18H13N5O3S/c1-12-11-27-18(20-12)21-17(24)13(10-19)8-14-6-3-7-22(14)15-4-2-5-16(9-15)23(25)26/h2-9,11H,1H3,(H,20,21,24)/b13-8-. The highest BCUT2D eigenvalue weighted by Crippen LogP contribution is 2.21.